The molecule has 0 aromatic heterocycles. The van der Waals surface area contributed by atoms with E-state index in [9.17, 15) is 4.79 Å². The maximum Gasteiger partial charge on any atom is 0.308 e. The minimum Gasteiger partial charge on any atom is -0.461 e. The van der Waals surface area contributed by atoms with Crippen LogP contribution in [0.15, 0.2) is 30.3 Å². The summed E-state index contributed by atoms with van der Waals surface area (Å²) in [6, 6.07) is 9.77. The van der Waals surface area contributed by atoms with Crippen LogP contribution in [0.25, 0.3) is 0 Å². The molecule has 0 aliphatic rings. The van der Waals surface area contributed by atoms with Gasteiger partial charge in [0.25, 0.3) is 0 Å². The molecule has 0 saturated carbocycles. The summed E-state index contributed by atoms with van der Waals surface area (Å²) < 4.78 is 5.25. The molecule has 0 radical (unpaired) electrons. The number of carbonyl (C=O) groups is 1. The van der Waals surface area contributed by atoms with Crippen LogP contribution in [0.4, 0.5) is 0 Å². The highest BCUT2D eigenvalue weighted by molar-refractivity contribution is 5.71. The van der Waals surface area contributed by atoms with Gasteiger partial charge in [-0.1, -0.05) is 57.0 Å². The van der Waals surface area contributed by atoms with Gasteiger partial charge in [0.05, 0.1) is 5.92 Å². The fraction of sp³-hybridized carbons (Fsp3) is 0.500. The van der Waals surface area contributed by atoms with Gasteiger partial charge < -0.3 is 4.74 Å². The Morgan fingerprint density at radius 3 is 2.62 bits per heavy atom. The van der Waals surface area contributed by atoms with Crippen LogP contribution in [0.3, 0.4) is 0 Å². The molecule has 1 atom stereocenters. The maximum absolute atomic E-state index is 11.6. The van der Waals surface area contributed by atoms with E-state index >= 15 is 0 Å². The number of hydrogen-bond acceptors (Lipinski definition) is 2. The first-order valence-corrected chi connectivity index (χ1v) is 5.94. The van der Waals surface area contributed by atoms with Crippen molar-refractivity contribution in [2.75, 3.05) is 0 Å². The third-order valence-corrected chi connectivity index (χ3v) is 2.62. The predicted octanol–water partition coefficient (Wildman–Crippen LogP) is 3.56. The van der Waals surface area contributed by atoms with Crippen LogP contribution in [0.2, 0.25) is 0 Å². The number of ether oxygens (including phenoxy) is 1. The lowest BCUT2D eigenvalue weighted by Crippen LogP contribution is -2.14. The second kappa shape index (κ2) is 7.04. The molecule has 0 spiro atoms. The van der Waals surface area contributed by atoms with Crippen molar-refractivity contribution in [3.05, 3.63) is 35.9 Å². The molecule has 1 unspecified atom stereocenters. The Morgan fingerprint density at radius 1 is 1.31 bits per heavy atom. The average molecular weight is 220 g/mol. The Morgan fingerprint density at radius 2 is 2.00 bits per heavy atom. The standard InChI is InChI=1S/C14H20O2/c1-3-4-8-12(2)14(15)16-11-13-9-6-5-7-10-13/h5-7,9-10,12H,3-4,8,11H2,1-2H3. The molecule has 2 heteroatoms. The van der Waals surface area contributed by atoms with Gasteiger partial charge in [-0.2, -0.15) is 0 Å². The number of hydrogen-bond donors (Lipinski definition) is 0. The topological polar surface area (TPSA) is 26.3 Å². The molecular weight excluding hydrogens is 200 g/mol. The normalized spacial score (nSPS) is 12.1. The lowest BCUT2D eigenvalue weighted by atomic mass is 10.1. The van der Waals surface area contributed by atoms with Gasteiger partial charge in [-0.25, -0.2) is 0 Å². The number of unbranched alkanes of at least 4 members (excludes halogenated alkanes) is 1. The van der Waals surface area contributed by atoms with Gasteiger partial charge >= 0.3 is 5.97 Å². The number of rotatable bonds is 6. The third-order valence-electron chi connectivity index (χ3n) is 2.62. The van der Waals surface area contributed by atoms with Crippen molar-refractivity contribution < 1.29 is 9.53 Å². The van der Waals surface area contributed by atoms with Crippen molar-refractivity contribution in [2.45, 2.75) is 39.7 Å². The summed E-state index contributed by atoms with van der Waals surface area (Å²) in [6.45, 7) is 4.45. The van der Waals surface area contributed by atoms with E-state index in [0.717, 1.165) is 24.8 Å². The zero-order chi connectivity index (χ0) is 11.8. The summed E-state index contributed by atoms with van der Waals surface area (Å²) >= 11 is 0. The van der Waals surface area contributed by atoms with E-state index in [2.05, 4.69) is 6.92 Å². The largest absolute Gasteiger partial charge is 0.461 e. The van der Waals surface area contributed by atoms with Crippen molar-refractivity contribution in [2.24, 2.45) is 5.92 Å². The molecule has 0 fully saturated rings. The molecule has 0 N–H and O–H groups in total. The van der Waals surface area contributed by atoms with Gasteiger partial charge in [0.15, 0.2) is 0 Å². The van der Waals surface area contributed by atoms with Gasteiger partial charge in [-0.05, 0) is 12.0 Å². The second-order valence-electron chi connectivity index (χ2n) is 4.14. The van der Waals surface area contributed by atoms with Crippen LogP contribution in [-0.4, -0.2) is 5.97 Å². The Kier molecular flexibility index (Phi) is 5.62. The van der Waals surface area contributed by atoms with Crippen LogP contribution in [0, 0.1) is 5.92 Å². The molecule has 1 aromatic rings. The zero-order valence-corrected chi connectivity index (χ0v) is 10.1. The maximum atomic E-state index is 11.6. The minimum absolute atomic E-state index is 0.0173. The van der Waals surface area contributed by atoms with Crippen LogP contribution in [0.5, 0.6) is 0 Å². The van der Waals surface area contributed by atoms with Crippen LogP contribution in [0.1, 0.15) is 38.7 Å². The molecule has 16 heavy (non-hydrogen) atoms. The highest BCUT2D eigenvalue weighted by atomic mass is 16.5. The lowest BCUT2D eigenvalue weighted by Gasteiger charge is -2.10. The fourth-order valence-electron chi connectivity index (χ4n) is 1.50. The Bertz CT molecular complexity index is 306. The summed E-state index contributed by atoms with van der Waals surface area (Å²) in [5.41, 5.74) is 1.04. The molecule has 0 aliphatic carbocycles. The van der Waals surface area contributed by atoms with E-state index < -0.39 is 0 Å². The number of benzene rings is 1. The van der Waals surface area contributed by atoms with Gasteiger partial charge in [0.1, 0.15) is 6.61 Å². The smallest absolute Gasteiger partial charge is 0.308 e. The first-order chi connectivity index (χ1) is 7.74. The molecule has 0 saturated heterocycles. The van der Waals surface area contributed by atoms with Gasteiger partial charge in [-0.15, -0.1) is 0 Å². The SMILES string of the molecule is CCCCC(C)C(=O)OCc1ccccc1. The van der Waals surface area contributed by atoms with Crippen molar-refractivity contribution >= 4 is 5.97 Å². The zero-order valence-electron chi connectivity index (χ0n) is 10.1. The average Bonchev–Trinajstić information content (AvgIpc) is 2.34. The summed E-state index contributed by atoms with van der Waals surface area (Å²) in [7, 11) is 0. The predicted molar refractivity (Wildman–Crippen MR) is 64.9 cm³/mol. The molecule has 0 bridgehead atoms. The quantitative estimate of drug-likeness (QED) is 0.685. The van der Waals surface area contributed by atoms with Gasteiger partial charge in [0.2, 0.25) is 0 Å². The molecule has 88 valence electrons. The van der Waals surface area contributed by atoms with Crippen LogP contribution in [-0.2, 0) is 16.1 Å². The minimum atomic E-state index is -0.0858. The van der Waals surface area contributed by atoms with Gasteiger partial charge in [-0.3, -0.25) is 4.79 Å². The van der Waals surface area contributed by atoms with E-state index in [4.69, 9.17) is 4.74 Å². The fourth-order valence-corrected chi connectivity index (χ4v) is 1.50. The molecule has 0 heterocycles. The van der Waals surface area contributed by atoms with Gasteiger partial charge in [0, 0.05) is 0 Å². The second-order valence-corrected chi connectivity index (χ2v) is 4.14. The molecule has 0 aliphatic heterocycles. The van der Waals surface area contributed by atoms with E-state index in [1.165, 1.54) is 0 Å². The Labute approximate surface area is 97.6 Å². The van der Waals surface area contributed by atoms with Crippen LogP contribution >= 0.6 is 0 Å². The Balaban J connectivity index is 2.29. The van der Waals surface area contributed by atoms with Crippen molar-refractivity contribution in [1.82, 2.24) is 0 Å². The van der Waals surface area contributed by atoms with E-state index in [1.807, 2.05) is 37.3 Å². The van der Waals surface area contributed by atoms with Crippen molar-refractivity contribution in [3.63, 3.8) is 0 Å². The van der Waals surface area contributed by atoms with Crippen LogP contribution < -0.4 is 0 Å². The molecule has 1 rings (SSSR count). The summed E-state index contributed by atoms with van der Waals surface area (Å²) in [4.78, 5) is 11.6. The Hall–Kier alpha value is -1.31. The first kappa shape index (κ1) is 12.8. The van der Waals surface area contributed by atoms with Crippen molar-refractivity contribution in [3.8, 4) is 0 Å². The highest BCUT2D eigenvalue weighted by Crippen LogP contribution is 2.11. The first-order valence-electron chi connectivity index (χ1n) is 5.94. The number of esters is 1. The lowest BCUT2D eigenvalue weighted by molar-refractivity contribution is -0.149. The monoisotopic (exact) mass is 220 g/mol. The van der Waals surface area contributed by atoms with Crippen molar-refractivity contribution in [1.29, 1.82) is 0 Å². The molecular formula is C14H20O2. The van der Waals surface area contributed by atoms with E-state index in [-0.39, 0.29) is 11.9 Å². The molecule has 2 nitrogen and oxygen atoms in total. The van der Waals surface area contributed by atoms with E-state index in [0.29, 0.717) is 6.61 Å². The third kappa shape index (κ3) is 4.47. The molecule has 0 amide bonds. The summed E-state index contributed by atoms with van der Waals surface area (Å²) in [5.74, 6) is -0.0686. The number of carbonyl (C=O) groups excluding carboxylic acids is 1. The van der Waals surface area contributed by atoms with E-state index in [1.54, 1.807) is 0 Å². The molecule has 1 aromatic carbocycles. The summed E-state index contributed by atoms with van der Waals surface area (Å²) in [5, 5.41) is 0. The highest BCUT2D eigenvalue weighted by Gasteiger charge is 2.13. The summed E-state index contributed by atoms with van der Waals surface area (Å²) in [6.07, 6.45) is 3.13.